The summed E-state index contributed by atoms with van der Waals surface area (Å²) in [6, 6.07) is 19.5. The van der Waals surface area contributed by atoms with Crippen molar-refractivity contribution in [2.24, 2.45) is 0 Å². The highest BCUT2D eigenvalue weighted by atomic mass is 79.9. The van der Waals surface area contributed by atoms with Crippen LogP contribution in [0, 0.1) is 6.92 Å². The number of rotatable bonds is 5. The van der Waals surface area contributed by atoms with Gasteiger partial charge in [0.1, 0.15) is 18.0 Å². The molecule has 0 spiro atoms. The highest BCUT2D eigenvalue weighted by Crippen LogP contribution is 2.26. The summed E-state index contributed by atoms with van der Waals surface area (Å²) in [6.07, 6.45) is 1.69. The second-order valence-electron chi connectivity index (χ2n) is 6.69. The maximum absolute atomic E-state index is 12.6. The molecule has 1 N–H and O–H groups in total. The molecule has 150 valence electrons. The Labute approximate surface area is 181 Å². The van der Waals surface area contributed by atoms with Gasteiger partial charge in [0.2, 0.25) is 0 Å². The molecule has 30 heavy (non-hydrogen) atoms. The number of fused-ring (bicyclic) bond motifs is 1. The minimum absolute atomic E-state index is 0.0992. The van der Waals surface area contributed by atoms with E-state index in [-0.39, 0.29) is 18.1 Å². The van der Waals surface area contributed by atoms with Crippen LogP contribution in [0.4, 0.5) is 5.69 Å². The molecule has 0 saturated carbocycles. The number of carbonyl (C=O) groups is 1. The maximum atomic E-state index is 12.6. The van der Waals surface area contributed by atoms with Crippen molar-refractivity contribution in [2.45, 2.75) is 13.5 Å². The van der Waals surface area contributed by atoms with Gasteiger partial charge in [0.15, 0.2) is 0 Å². The first kappa shape index (κ1) is 19.8. The molecule has 0 aliphatic carbocycles. The number of aromatic nitrogens is 2. The predicted octanol–water partition coefficient (Wildman–Crippen LogP) is 4.60. The molecule has 0 saturated heterocycles. The lowest BCUT2D eigenvalue weighted by Crippen LogP contribution is -2.17. The zero-order chi connectivity index (χ0) is 21.1. The topological polar surface area (TPSA) is 72.7 Å². The van der Waals surface area contributed by atoms with Crippen LogP contribution in [0.1, 0.15) is 21.6 Å². The smallest absolute Gasteiger partial charge is 0.258 e. The van der Waals surface area contributed by atoms with Crippen LogP contribution in [0.3, 0.4) is 0 Å². The molecule has 2 heterocycles. The third-order valence-electron chi connectivity index (χ3n) is 4.57. The maximum Gasteiger partial charge on any atom is 0.258 e. The molecule has 2 aromatic carbocycles. The Morgan fingerprint density at radius 1 is 1.10 bits per heavy atom. The number of pyridine rings is 1. The third kappa shape index (κ3) is 4.11. The lowest BCUT2D eigenvalue weighted by atomic mass is 10.2. The van der Waals surface area contributed by atoms with Crippen LogP contribution in [-0.4, -0.2) is 15.3 Å². The van der Waals surface area contributed by atoms with Gasteiger partial charge in [-0.15, -0.1) is 0 Å². The number of ether oxygens (including phenoxy) is 1. The molecule has 7 heteroatoms. The van der Waals surface area contributed by atoms with Gasteiger partial charge >= 0.3 is 0 Å². The summed E-state index contributed by atoms with van der Waals surface area (Å²) in [6.45, 7) is 2.00. The molecular formula is C23H18BrN3O3. The Kier molecular flexibility index (Phi) is 5.63. The van der Waals surface area contributed by atoms with E-state index in [2.05, 4.69) is 26.2 Å². The molecule has 1 amide bonds. The van der Waals surface area contributed by atoms with Gasteiger partial charge in [-0.1, -0.05) is 30.3 Å². The van der Waals surface area contributed by atoms with Crippen LogP contribution in [0.5, 0.6) is 5.75 Å². The van der Waals surface area contributed by atoms with Gasteiger partial charge in [-0.2, -0.15) is 0 Å². The van der Waals surface area contributed by atoms with Crippen LogP contribution in [0.15, 0.2) is 82.2 Å². The Bertz CT molecular complexity index is 1300. The molecule has 0 bridgehead atoms. The van der Waals surface area contributed by atoms with E-state index in [0.717, 1.165) is 5.56 Å². The van der Waals surface area contributed by atoms with E-state index in [9.17, 15) is 9.59 Å². The second kappa shape index (κ2) is 8.51. The molecule has 6 nitrogen and oxygen atoms in total. The van der Waals surface area contributed by atoms with E-state index in [0.29, 0.717) is 32.8 Å². The summed E-state index contributed by atoms with van der Waals surface area (Å²) in [5, 5.41) is 2.87. The van der Waals surface area contributed by atoms with Gasteiger partial charge in [0, 0.05) is 16.7 Å². The number of carbonyl (C=O) groups excluding carboxylic acids is 1. The Morgan fingerprint density at radius 3 is 2.70 bits per heavy atom. The Hall–Kier alpha value is -3.45. The molecule has 0 atom stereocenters. The number of hydrogen-bond acceptors (Lipinski definition) is 4. The Morgan fingerprint density at radius 2 is 1.87 bits per heavy atom. The second-order valence-corrected chi connectivity index (χ2v) is 7.54. The quantitative estimate of drug-likeness (QED) is 0.469. The van der Waals surface area contributed by atoms with Crippen molar-refractivity contribution in [3.05, 3.63) is 105 Å². The minimum atomic E-state index is -0.253. The normalized spacial score (nSPS) is 10.7. The average Bonchev–Trinajstić information content (AvgIpc) is 2.74. The van der Waals surface area contributed by atoms with Gasteiger partial charge in [0.05, 0.1) is 16.9 Å². The van der Waals surface area contributed by atoms with Crippen molar-refractivity contribution in [2.75, 3.05) is 5.32 Å². The fourth-order valence-corrected chi connectivity index (χ4v) is 3.53. The van der Waals surface area contributed by atoms with Crippen molar-refractivity contribution < 1.29 is 9.53 Å². The first-order valence-electron chi connectivity index (χ1n) is 9.28. The average molecular weight is 464 g/mol. The monoisotopic (exact) mass is 463 g/mol. The molecule has 4 rings (SSSR count). The lowest BCUT2D eigenvalue weighted by molar-refractivity contribution is 0.102. The molecule has 0 fully saturated rings. The molecule has 2 aromatic heterocycles. The van der Waals surface area contributed by atoms with Crippen molar-refractivity contribution in [3.8, 4) is 5.75 Å². The Balaban J connectivity index is 1.56. The van der Waals surface area contributed by atoms with E-state index >= 15 is 0 Å². The fourth-order valence-electron chi connectivity index (χ4n) is 3.07. The molecule has 4 aromatic rings. The summed E-state index contributed by atoms with van der Waals surface area (Å²) < 4.78 is 8.11. The van der Waals surface area contributed by atoms with Gasteiger partial charge in [-0.25, -0.2) is 4.98 Å². The first-order chi connectivity index (χ1) is 14.5. The van der Waals surface area contributed by atoms with E-state index in [1.165, 1.54) is 10.5 Å². The van der Waals surface area contributed by atoms with E-state index in [1.807, 2.05) is 43.3 Å². The summed E-state index contributed by atoms with van der Waals surface area (Å²) >= 11 is 3.39. The molecule has 0 unspecified atom stereocenters. The van der Waals surface area contributed by atoms with Crippen LogP contribution < -0.4 is 15.6 Å². The number of benzene rings is 2. The third-order valence-corrected chi connectivity index (χ3v) is 5.26. The van der Waals surface area contributed by atoms with E-state index in [1.54, 1.807) is 30.5 Å². The molecule has 0 aliphatic heterocycles. The number of nitrogens with zero attached hydrogens (tertiary/aromatic N) is 2. The lowest BCUT2D eigenvalue weighted by Gasteiger charge is -2.13. The van der Waals surface area contributed by atoms with Gasteiger partial charge < -0.3 is 10.1 Å². The van der Waals surface area contributed by atoms with Crippen LogP contribution >= 0.6 is 15.9 Å². The van der Waals surface area contributed by atoms with Gasteiger partial charge in [0.25, 0.3) is 11.5 Å². The van der Waals surface area contributed by atoms with Crippen LogP contribution in [0.2, 0.25) is 0 Å². The number of nitrogens with one attached hydrogen (secondary N) is 1. The standard InChI is InChI=1S/C23H18BrN3O3/c1-15-7-6-12-27-21(28)13-16(25-22(15)27)14-30-20-11-5-4-10-19(20)26-23(29)17-8-2-3-9-18(17)24/h2-13H,14H2,1H3,(H,26,29). The van der Waals surface area contributed by atoms with Crippen LogP contribution in [0.25, 0.3) is 5.65 Å². The number of amides is 1. The van der Waals surface area contributed by atoms with Gasteiger partial charge in [-0.3, -0.25) is 14.0 Å². The highest BCUT2D eigenvalue weighted by Gasteiger charge is 2.13. The zero-order valence-electron chi connectivity index (χ0n) is 16.1. The first-order valence-corrected chi connectivity index (χ1v) is 10.1. The summed E-state index contributed by atoms with van der Waals surface area (Å²) in [5.41, 5.74) is 2.90. The molecular weight excluding hydrogens is 446 g/mol. The number of hydrogen-bond donors (Lipinski definition) is 1. The van der Waals surface area contributed by atoms with Crippen molar-refractivity contribution >= 4 is 33.2 Å². The van der Waals surface area contributed by atoms with Crippen molar-refractivity contribution in [3.63, 3.8) is 0 Å². The molecule has 0 aliphatic rings. The number of para-hydroxylation sites is 2. The SMILES string of the molecule is Cc1cccn2c(=O)cc(COc3ccccc3NC(=O)c3ccccc3Br)nc12. The number of halogens is 1. The van der Waals surface area contributed by atoms with E-state index < -0.39 is 0 Å². The zero-order valence-corrected chi connectivity index (χ0v) is 17.7. The van der Waals surface area contributed by atoms with Gasteiger partial charge in [-0.05, 0) is 58.7 Å². The summed E-state index contributed by atoms with van der Waals surface area (Å²) in [5.74, 6) is 0.237. The number of aryl methyl sites for hydroxylation is 1. The van der Waals surface area contributed by atoms with Crippen LogP contribution in [-0.2, 0) is 6.61 Å². The summed E-state index contributed by atoms with van der Waals surface area (Å²) in [7, 11) is 0. The highest BCUT2D eigenvalue weighted by molar-refractivity contribution is 9.10. The van der Waals surface area contributed by atoms with E-state index in [4.69, 9.17) is 4.74 Å². The largest absolute Gasteiger partial charge is 0.485 e. The fraction of sp³-hybridized carbons (Fsp3) is 0.0870. The predicted molar refractivity (Wildman–Crippen MR) is 119 cm³/mol. The van der Waals surface area contributed by atoms with Crippen molar-refractivity contribution in [1.29, 1.82) is 0 Å². The molecule has 0 radical (unpaired) electrons. The summed E-state index contributed by atoms with van der Waals surface area (Å²) in [4.78, 5) is 29.6. The van der Waals surface area contributed by atoms with Crippen molar-refractivity contribution in [1.82, 2.24) is 9.38 Å². The number of anilines is 1. The minimum Gasteiger partial charge on any atom is -0.485 e.